The Morgan fingerprint density at radius 1 is 1.04 bits per heavy atom. The first-order chi connectivity index (χ1) is 12.6. The lowest BCUT2D eigenvalue weighted by Crippen LogP contribution is -2.37. The van der Waals surface area contributed by atoms with E-state index in [0.717, 1.165) is 16.7 Å². The fraction of sp³-hybridized carbons (Fsp3) is 0.273. The normalized spacial score (nSPS) is 15.5. The first-order valence-corrected chi connectivity index (χ1v) is 8.98. The molecule has 3 rings (SSSR count). The molecule has 0 bridgehead atoms. The third-order valence-electron chi connectivity index (χ3n) is 4.79. The quantitative estimate of drug-likeness (QED) is 0.819. The maximum Gasteiger partial charge on any atom is 0.225 e. The van der Waals surface area contributed by atoms with Gasteiger partial charge >= 0.3 is 0 Å². The van der Waals surface area contributed by atoms with Gasteiger partial charge in [0, 0.05) is 26.2 Å². The summed E-state index contributed by atoms with van der Waals surface area (Å²) >= 11 is 0. The molecule has 1 aliphatic heterocycles. The van der Waals surface area contributed by atoms with Crippen molar-refractivity contribution < 1.29 is 9.59 Å². The fourth-order valence-electron chi connectivity index (χ4n) is 3.39. The van der Waals surface area contributed by atoms with Crippen LogP contribution in [0.5, 0.6) is 0 Å². The summed E-state index contributed by atoms with van der Waals surface area (Å²) in [5, 5.41) is 0. The molecule has 0 fully saturated rings. The number of carbonyl (C=O) groups excluding carboxylic acids is 2. The second-order valence-corrected chi connectivity index (χ2v) is 6.48. The molecular formula is C22H24N2O2. The Morgan fingerprint density at radius 2 is 1.73 bits per heavy atom. The predicted molar refractivity (Wildman–Crippen MR) is 103 cm³/mol. The third-order valence-corrected chi connectivity index (χ3v) is 4.79. The van der Waals surface area contributed by atoms with Crippen LogP contribution in [0, 0.1) is 0 Å². The summed E-state index contributed by atoms with van der Waals surface area (Å²) in [6, 6.07) is 17.7. The van der Waals surface area contributed by atoms with E-state index in [2.05, 4.69) is 0 Å². The number of hydrogen-bond donors (Lipinski definition) is 0. The molecule has 1 heterocycles. The van der Waals surface area contributed by atoms with Crippen molar-refractivity contribution >= 4 is 17.9 Å². The Kier molecular flexibility index (Phi) is 5.52. The van der Waals surface area contributed by atoms with Crippen LogP contribution >= 0.6 is 0 Å². The van der Waals surface area contributed by atoms with Gasteiger partial charge in [-0.1, -0.05) is 54.6 Å². The van der Waals surface area contributed by atoms with Crippen LogP contribution in [-0.2, 0) is 16.1 Å². The van der Waals surface area contributed by atoms with Crippen LogP contribution in [0.2, 0.25) is 0 Å². The summed E-state index contributed by atoms with van der Waals surface area (Å²) < 4.78 is 0. The van der Waals surface area contributed by atoms with Crippen LogP contribution in [-0.4, -0.2) is 28.2 Å². The largest absolute Gasteiger partial charge is 0.339 e. The number of rotatable bonds is 5. The van der Waals surface area contributed by atoms with E-state index in [1.807, 2.05) is 72.5 Å². The predicted octanol–water partition coefficient (Wildman–Crippen LogP) is 4.00. The number of amides is 2. The van der Waals surface area contributed by atoms with Crippen LogP contribution in [0.25, 0.3) is 6.08 Å². The second kappa shape index (κ2) is 8.00. The lowest BCUT2D eigenvalue weighted by molar-refractivity contribution is -0.135. The topological polar surface area (TPSA) is 40.6 Å². The number of nitrogens with zero attached hydrogens (tertiary/aromatic N) is 2. The zero-order valence-corrected chi connectivity index (χ0v) is 15.3. The molecule has 0 radical (unpaired) electrons. The molecule has 2 aromatic carbocycles. The van der Waals surface area contributed by atoms with Crippen molar-refractivity contribution in [2.75, 3.05) is 6.54 Å². The Bertz CT molecular complexity index is 814. The molecule has 0 saturated heterocycles. The van der Waals surface area contributed by atoms with Crippen LogP contribution in [0.4, 0.5) is 0 Å². The second-order valence-electron chi connectivity index (χ2n) is 6.48. The monoisotopic (exact) mass is 348 g/mol. The number of hydrogen-bond acceptors (Lipinski definition) is 2. The maximum atomic E-state index is 13.0. The van der Waals surface area contributed by atoms with Gasteiger partial charge in [-0.2, -0.15) is 0 Å². The first kappa shape index (κ1) is 17.9. The zero-order chi connectivity index (χ0) is 18.5. The summed E-state index contributed by atoms with van der Waals surface area (Å²) in [6.45, 7) is 4.74. The van der Waals surface area contributed by atoms with E-state index in [4.69, 9.17) is 0 Å². The van der Waals surface area contributed by atoms with Crippen molar-refractivity contribution in [1.82, 2.24) is 9.80 Å². The molecular weight excluding hydrogens is 324 g/mol. The van der Waals surface area contributed by atoms with Crippen LogP contribution in [0.3, 0.4) is 0 Å². The fourth-order valence-corrected chi connectivity index (χ4v) is 3.39. The van der Waals surface area contributed by atoms with Gasteiger partial charge in [-0.15, -0.1) is 0 Å². The molecule has 134 valence electrons. The highest BCUT2D eigenvalue weighted by atomic mass is 16.2. The molecule has 0 aliphatic carbocycles. The summed E-state index contributed by atoms with van der Waals surface area (Å²) in [5.74, 6) is -0.00244. The summed E-state index contributed by atoms with van der Waals surface area (Å²) in [6.07, 6.45) is 4.00. The Balaban J connectivity index is 1.81. The molecule has 0 aromatic heterocycles. The van der Waals surface area contributed by atoms with E-state index in [1.165, 1.54) is 6.92 Å². The first-order valence-electron chi connectivity index (χ1n) is 8.98. The van der Waals surface area contributed by atoms with Crippen molar-refractivity contribution in [2.45, 2.75) is 32.9 Å². The number of benzene rings is 2. The van der Waals surface area contributed by atoms with Gasteiger partial charge in [-0.3, -0.25) is 9.59 Å². The minimum absolute atomic E-state index is 0.0534. The third kappa shape index (κ3) is 3.85. The van der Waals surface area contributed by atoms with Gasteiger partial charge in [-0.25, -0.2) is 0 Å². The molecule has 0 saturated carbocycles. The summed E-state index contributed by atoms with van der Waals surface area (Å²) in [4.78, 5) is 28.6. The molecule has 2 aromatic rings. The SMILES string of the molecule is CCN(Cc1ccccc1)C(=O)C[C@H]1c2ccccc2C=CN1C(C)=O. The molecule has 4 heteroatoms. The molecule has 26 heavy (non-hydrogen) atoms. The molecule has 2 amide bonds. The van der Waals surface area contributed by atoms with Crippen LogP contribution < -0.4 is 0 Å². The van der Waals surface area contributed by atoms with Crippen molar-refractivity contribution in [1.29, 1.82) is 0 Å². The Labute approximate surface area is 154 Å². The lowest BCUT2D eigenvalue weighted by Gasteiger charge is -2.33. The van der Waals surface area contributed by atoms with Crippen molar-refractivity contribution in [3.8, 4) is 0 Å². The zero-order valence-electron chi connectivity index (χ0n) is 15.3. The molecule has 4 nitrogen and oxygen atoms in total. The van der Waals surface area contributed by atoms with E-state index in [-0.39, 0.29) is 24.3 Å². The highest BCUT2D eigenvalue weighted by Crippen LogP contribution is 2.33. The number of fused-ring (bicyclic) bond motifs is 1. The average Bonchev–Trinajstić information content (AvgIpc) is 2.66. The number of carbonyl (C=O) groups is 2. The van der Waals surface area contributed by atoms with Gasteiger partial charge < -0.3 is 9.80 Å². The Morgan fingerprint density at radius 3 is 2.42 bits per heavy atom. The van der Waals surface area contributed by atoms with Crippen LogP contribution in [0.1, 0.15) is 43.0 Å². The molecule has 1 aliphatic rings. The molecule has 0 N–H and O–H groups in total. The maximum absolute atomic E-state index is 13.0. The minimum atomic E-state index is -0.258. The van der Waals surface area contributed by atoms with E-state index in [0.29, 0.717) is 13.1 Å². The van der Waals surface area contributed by atoms with Gasteiger partial charge in [0.2, 0.25) is 11.8 Å². The molecule has 0 unspecified atom stereocenters. The van der Waals surface area contributed by atoms with E-state index in [9.17, 15) is 9.59 Å². The smallest absolute Gasteiger partial charge is 0.225 e. The standard InChI is InChI=1S/C22H24N2O2/c1-3-23(16-18-9-5-4-6-10-18)22(26)15-21-20-12-8-7-11-19(20)13-14-24(21)17(2)25/h4-14,21H,3,15-16H2,1-2H3/t21-/m0/s1. The minimum Gasteiger partial charge on any atom is -0.339 e. The summed E-state index contributed by atoms with van der Waals surface area (Å²) in [7, 11) is 0. The molecule has 0 spiro atoms. The van der Waals surface area contributed by atoms with Crippen LogP contribution in [0.15, 0.2) is 60.8 Å². The van der Waals surface area contributed by atoms with Gasteiger partial charge in [0.25, 0.3) is 0 Å². The van der Waals surface area contributed by atoms with Crippen molar-refractivity contribution in [3.05, 3.63) is 77.5 Å². The van der Waals surface area contributed by atoms with Gasteiger partial charge in [0.05, 0.1) is 12.5 Å². The lowest BCUT2D eigenvalue weighted by atomic mass is 9.93. The highest BCUT2D eigenvalue weighted by Gasteiger charge is 2.29. The van der Waals surface area contributed by atoms with Crippen molar-refractivity contribution in [2.24, 2.45) is 0 Å². The van der Waals surface area contributed by atoms with E-state index in [1.54, 1.807) is 11.1 Å². The Hall–Kier alpha value is -2.88. The highest BCUT2D eigenvalue weighted by molar-refractivity contribution is 5.82. The van der Waals surface area contributed by atoms with Gasteiger partial charge in [0.1, 0.15) is 0 Å². The van der Waals surface area contributed by atoms with Crippen molar-refractivity contribution in [3.63, 3.8) is 0 Å². The van der Waals surface area contributed by atoms with E-state index < -0.39 is 0 Å². The van der Waals surface area contributed by atoms with Gasteiger partial charge in [0.15, 0.2) is 0 Å². The average molecular weight is 348 g/mol. The summed E-state index contributed by atoms with van der Waals surface area (Å²) in [5.41, 5.74) is 3.19. The molecule has 1 atom stereocenters. The van der Waals surface area contributed by atoms with Gasteiger partial charge in [-0.05, 0) is 29.7 Å². The van der Waals surface area contributed by atoms with E-state index >= 15 is 0 Å².